The van der Waals surface area contributed by atoms with Crippen molar-refractivity contribution >= 4 is 23.2 Å². The fourth-order valence-electron chi connectivity index (χ4n) is 1.36. The molecule has 0 spiro atoms. The van der Waals surface area contributed by atoms with Crippen LogP contribution in [0.25, 0.3) is 0 Å². The first-order chi connectivity index (χ1) is 7.63. The van der Waals surface area contributed by atoms with E-state index in [0.717, 1.165) is 24.9 Å². The first kappa shape index (κ1) is 13.8. The van der Waals surface area contributed by atoms with Gasteiger partial charge in [-0.1, -0.05) is 18.5 Å². The number of rotatable bonds is 6. The molecule has 0 heterocycles. The minimum Gasteiger partial charge on any atom is -0.313 e. The summed E-state index contributed by atoms with van der Waals surface area (Å²) < 4.78 is 12.9. The van der Waals surface area contributed by atoms with Gasteiger partial charge >= 0.3 is 0 Å². The Labute approximate surface area is 106 Å². The summed E-state index contributed by atoms with van der Waals surface area (Å²) in [5.41, 5.74) is 0.782. The SMILES string of the molecule is CCC(Cl)CCNCc1cc(F)ccc1Cl. The summed E-state index contributed by atoms with van der Waals surface area (Å²) in [6, 6.07) is 4.38. The third kappa shape index (κ3) is 4.69. The molecule has 0 saturated carbocycles. The van der Waals surface area contributed by atoms with Gasteiger partial charge in [-0.25, -0.2) is 4.39 Å². The highest BCUT2D eigenvalue weighted by Gasteiger charge is 2.03. The molecular formula is C12H16Cl2FN. The molecule has 1 nitrogen and oxygen atoms in total. The molecule has 90 valence electrons. The number of hydrogen-bond donors (Lipinski definition) is 1. The Hall–Kier alpha value is -0.310. The van der Waals surface area contributed by atoms with Crippen molar-refractivity contribution in [3.63, 3.8) is 0 Å². The minimum absolute atomic E-state index is 0.204. The lowest BCUT2D eigenvalue weighted by atomic mass is 10.2. The normalized spacial score (nSPS) is 12.8. The summed E-state index contributed by atoms with van der Waals surface area (Å²) in [6.45, 7) is 3.44. The summed E-state index contributed by atoms with van der Waals surface area (Å²) in [5, 5.41) is 3.99. The third-order valence-electron chi connectivity index (χ3n) is 2.40. The van der Waals surface area contributed by atoms with E-state index in [4.69, 9.17) is 23.2 Å². The molecule has 16 heavy (non-hydrogen) atoms. The summed E-state index contributed by atoms with van der Waals surface area (Å²) >= 11 is 11.9. The number of alkyl halides is 1. The molecule has 1 unspecified atom stereocenters. The maximum absolute atomic E-state index is 12.9. The highest BCUT2D eigenvalue weighted by Crippen LogP contribution is 2.16. The standard InChI is InChI=1S/C12H16Cl2FN/c1-2-10(13)5-6-16-8-9-7-11(15)3-4-12(9)14/h3-4,7,10,16H,2,5-6,8H2,1H3. The Morgan fingerprint density at radius 2 is 2.19 bits per heavy atom. The van der Waals surface area contributed by atoms with Crippen molar-refractivity contribution in [2.24, 2.45) is 0 Å². The van der Waals surface area contributed by atoms with Crippen LogP contribution < -0.4 is 5.32 Å². The van der Waals surface area contributed by atoms with Crippen LogP contribution in [-0.2, 0) is 6.54 Å². The molecule has 0 fully saturated rings. The molecule has 1 atom stereocenters. The first-order valence-corrected chi connectivity index (χ1v) is 6.23. The molecule has 0 aliphatic rings. The molecule has 0 amide bonds. The molecule has 0 bridgehead atoms. The maximum Gasteiger partial charge on any atom is 0.123 e. The van der Waals surface area contributed by atoms with Crippen LogP contribution in [0.3, 0.4) is 0 Å². The average Bonchev–Trinajstić information content (AvgIpc) is 2.28. The van der Waals surface area contributed by atoms with Gasteiger partial charge in [-0.2, -0.15) is 0 Å². The Kier molecular flexibility index (Phi) is 6.10. The molecule has 1 N–H and O–H groups in total. The first-order valence-electron chi connectivity index (χ1n) is 5.42. The number of benzene rings is 1. The largest absolute Gasteiger partial charge is 0.313 e. The van der Waals surface area contributed by atoms with E-state index in [1.807, 2.05) is 0 Å². The van der Waals surface area contributed by atoms with Gasteiger partial charge in [0.1, 0.15) is 5.82 Å². The summed E-state index contributed by atoms with van der Waals surface area (Å²) in [7, 11) is 0. The van der Waals surface area contributed by atoms with E-state index in [0.29, 0.717) is 11.6 Å². The summed E-state index contributed by atoms with van der Waals surface area (Å²) in [6.07, 6.45) is 1.87. The van der Waals surface area contributed by atoms with Gasteiger partial charge in [0.05, 0.1) is 0 Å². The monoisotopic (exact) mass is 263 g/mol. The maximum atomic E-state index is 12.9. The lowest BCUT2D eigenvalue weighted by Gasteiger charge is -2.09. The average molecular weight is 264 g/mol. The molecule has 4 heteroatoms. The van der Waals surface area contributed by atoms with Crippen LogP contribution in [0.2, 0.25) is 5.02 Å². The van der Waals surface area contributed by atoms with Gasteiger partial charge in [0.25, 0.3) is 0 Å². The van der Waals surface area contributed by atoms with E-state index in [9.17, 15) is 4.39 Å². The van der Waals surface area contributed by atoms with Gasteiger partial charge in [-0.05, 0) is 43.1 Å². The van der Waals surface area contributed by atoms with Crippen LogP contribution in [0.1, 0.15) is 25.3 Å². The predicted octanol–water partition coefficient (Wildman–Crippen LogP) is 3.98. The van der Waals surface area contributed by atoms with Crippen LogP contribution >= 0.6 is 23.2 Å². The molecule has 0 aromatic heterocycles. The molecule has 1 aromatic rings. The highest BCUT2D eigenvalue weighted by atomic mass is 35.5. The lowest BCUT2D eigenvalue weighted by Crippen LogP contribution is -2.18. The van der Waals surface area contributed by atoms with Crippen molar-refractivity contribution in [1.82, 2.24) is 5.32 Å². The van der Waals surface area contributed by atoms with Gasteiger partial charge in [-0.3, -0.25) is 0 Å². The van der Waals surface area contributed by atoms with Gasteiger partial charge in [0.2, 0.25) is 0 Å². The van der Waals surface area contributed by atoms with Crippen LogP contribution in [0, 0.1) is 5.82 Å². The Bertz CT molecular complexity index is 331. The van der Waals surface area contributed by atoms with Crippen molar-refractivity contribution in [2.75, 3.05) is 6.54 Å². The second-order valence-electron chi connectivity index (χ2n) is 3.71. The molecule has 0 aliphatic carbocycles. The lowest BCUT2D eigenvalue weighted by molar-refractivity contribution is 0.607. The molecule has 0 saturated heterocycles. The smallest absolute Gasteiger partial charge is 0.123 e. The quantitative estimate of drug-likeness (QED) is 0.605. The van der Waals surface area contributed by atoms with Crippen LogP contribution in [0.15, 0.2) is 18.2 Å². The number of hydrogen-bond acceptors (Lipinski definition) is 1. The topological polar surface area (TPSA) is 12.0 Å². The molecule has 0 radical (unpaired) electrons. The zero-order valence-electron chi connectivity index (χ0n) is 9.27. The second-order valence-corrected chi connectivity index (χ2v) is 4.73. The predicted molar refractivity (Wildman–Crippen MR) is 67.7 cm³/mol. The van der Waals surface area contributed by atoms with Crippen molar-refractivity contribution < 1.29 is 4.39 Å². The van der Waals surface area contributed by atoms with Crippen molar-refractivity contribution in [3.8, 4) is 0 Å². The van der Waals surface area contributed by atoms with Crippen LogP contribution in [0.5, 0.6) is 0 Å². The minimum atomic E-state index is -0.259. The van der Waals surface area contributed by atoms with Gasteiger partial charge < -0.3 is 5.32 Å². The number of halogens is 3. The third-order valence-corrected chi connectivity index (χ3v) is 3.30. The summed E-state index contributed by atoms with van der Waals surface area (Å²) in [4.78, 5) is 0. The molecular weight excluding hydrogens is 248 g/mol. The van der Waals surface area contributed by atoms with Crippen molar-refractivity contribution in [1.29, 1.82) is 0 Å². The molecule has 1 rings (SSSR count). The van der Waals surface area contributed by atoms with E-state index >= 15 is 0 Å². The van der Waals surface area contributed by atoms with E-state index in [1.54, 1.807) is 6.07 Å². The summed E-state index contributed by atoms with van der Waals surface area (Å²) in [5.74, 6) is -0.259. The number of nitrogens with one attached hydrogen (secondary N) is 1. The second kappa shape index (κ2) is 7.10. The fraction of sp³-hybridized carbons (Fsp3) is 0.500. The Morgan fingerprint density at radius 3 is 2.88 bits per heavy atom. The van der Waals surface area contributed by atoms with Crippen LogP contribution in [-0.4, -0.2) is 11.9 Å². The van der Waals surface area contributed by atoms with Gasteiger partial charge in [0, 0.05) is 16.9 Å². The van der Waals surface area contributed by atoms with E-state index in [2.05, 4.69) is 12.2 Å². The zero-order valence-corrected chi connectivity index (χ0v) is 10.8. The van der Waals surface area contributed by atoms with Gasteiger partial charge in [0.15, 0.2) is 0 Å². The van der Waals surface area contributed by atoms with E-state index in [1.165, 1.54) is 12.1 Å². The van der Waals surface area contributed by atoms with Gasteiger partial charge in [-0.15, -0.1) is 11.6 Å². The Morgan fingerprint density at radius 1 is 1.44 bits per heavy atom. The van der Waals surface area contributed by atoms with E-state index < -0.39 is 0 Å². The van der Waals surface area contributed by atoms with Crippen molar-refractivity contribution in [3.05, 3.63) is 34.6 Å². The Balaban J connectivity index is 2.34. The zero-order chi connectivity index (χ0) is 12.0. The van der Waals surface area contributed by atoms with E-state index in [-0.39, 0.29) is 11.2 Å². The van der Waals surface area contributed by atoms with Crippen molar-refractivity contribution in [2.45, 2.75) is 31.7 Å². The fourth-order valence-corrected chi connectivity index (χ4v) is 1.66. The molecule has 0 aliphatic heterocycles. The molecule has 1 aromatic carbocycles. The van der Waals surface area contributed by atoms with Crippen LogP contribution in [0.4, 0.5) is 4.39 Å². The highest BCUT2D eigenvalue weighted by molar-refractivity contribution is 6.31.